The summed E-state index contributed by atoms with van der Waals surface area (Å²) in [6.07, 6.45) is 2.41. The summed E-state index contributed by atoms with van der Waals surface area (Å²) in [5.74, 6) is 0.515. The molecule has 3 aliphatic rings. The van der Waals surface area contributed by atoms with Crippen LogP contribution in [0.5, 0.6) is 0 Å². The second kappa shape index (κ2) is 6.81. The maximum absolute atomic E-state index is 13.3. The maximum atomic E-state index is 13.3. The van der Waals surface area contributed by atoms with Gasteiger partial charge in [-0.2, -0.15) is 0 Å². The number of urea groups is 1. The molecular formula is C20H24ClN5O2. The smallest absolute Gasteiger partial charge is 0.312 e. The predicted octanol–water partition coefficient (Wildman–Crippen LogP) is 3.08. The summed E-state index contributed by atoms with van der Waals surface area (Å²) in [5.41, 5.74) is 1.87. The number of likely N-dealkylation sites (N-methyl/N-ethyl adjacent to an activating group) is 1. The predicted molar refractivity (Wildman–Crippen MR) is 107 cm³/mol. The van der Waals surface area contributed by atoms with E-state index in [4.69, 9.17) is 16.6 Å². The van der Waals surface area contributed by atoms with Gasteiger partial charge in [0.25, 0.3) is 5.91 Å². The molecule has 1 saturated heterocycles. The third-order valence-electron chi connectivity index (χ3n) is 5.69. The summed E-state index contributed by atoms with van der Waals surface area (Å²) in [7, 11) is 1.70. The topological polar surface area (TPSA) is 59.5 Å². The Morgan fingerprint density at radius 1 is 1.29 bits per heavy atom. The van der Waals surface area contributed by atoms with Crippen molar-refractivity contribution in [3.63, 3.8) is 0 Å². The van der Waals surface area contributed by atoms with Crippen molar-refractivity contribution in [2.45, 2.75) is 52.0 Å². The van der Waals surface area contributed by atoms with Crippen LogP contribution in [0.15, 0.2) is 41.2 Å². The number of amides is 3. The first kappa shape index (κ1) is 18.8. The monoisotopic (exact) mass is 401 g/mol. The van der Waals surface area contributed by atoms with Crippen LogP contribution in [-0.4, -0.2) is 62.8 Å². The van der Waals surface area contributed by atoms with E-state index in [9.17, 15) is 9.59 Å². The number of imide groups is 1. The van der Waals surface area contributed by atoms with Crippen LogP contribution in [0.2, 0.25) is 5.02 Å². The first-order valence-electron chi connectivity index (χ1n) is 9.50. The summed E-state index contributed by atoms with van der Waals surface area (Å²) in [4.78, 5) is 37.9. The van der Waals surface area contributed by atoms with Crippen LogP contribution in [-0.2, 0) is 11.3 Å². The number of carbonyl (C=O) groups excluding carboxylic acids is 2. The van der Waals surface area contributed by atoms with Crippen molar-refractivity contribution in [1.82, 2.24) is 19.6 Å². The van der Waals surface area contributed by atoms with Gasteiger partial charge in [-0.25, -0.2) is 9.79 Å². The van der Waals surface area contributed by atoms with Crippen LogP contribution >= 0.6 is 11.6 Å². The molecule has 0 aromatic heterocycles. The molecule has 0 spiro atoms. The fraction of sp³-hybridized carbons (Fsp3) is 0.450. The molecule has 0 aliphatic carbocycles. The van der Waals surface area contributed by atoms with Gasteiger partial charge in [-0.3, -0.25) is 9.69 Å². The van der Waals surface area contributed by atoms with Crippen molar-refractivity contribution in [3.8, 4) is 0 Å². The fourth-order valence-electron chi connectivity index (χ4n) is 4.06. The summed E-state index contributed by atoms with van der Waals surface area (Å²) in [5, 5.41) is 0.578. The maximum Gasteiger partial charge on any atom is 0.328 e. The number of halogens is 1. The highest BCUT2D eigenvalue weighted by Gasteiger charge is 2.54. The number of hydrogen-bond donors (Lipinski definition) is 0. The lowest BCUT2D eigenvalue weighted by atomic mass is 10.1. The number of nitrogens with zero attached hydrogens (tertiary/aromatic N) is 5. The lowest BCUT2D eigenvalue weighted by Crippen LogP contribution is -2.63. The molecule has 28 heavy (non-hydrogen) atoms. The zero-order valence-electron chi connectivity index (χ0n) is 16.5. The molecule has 4 rings (SSSR count). The van der Waals surface area contributed by atoms with Gasteiger partial charge >= 0.3 is 6.03 Å². The van der Waals surface area contributed by atoms with Crippen molar-refractivity contribution in [3.05, 3.63) is 46.7 Å². The van der Waals surface area contributed by atoms with E-state index in [0.717, 1.165) is 23.6 Å². The number of rotatable bonds is 4. The Labute approximate surface area is 169 Å². The standard InChI is InChI=1S/C20H24ClN5O2/c1-5-12(2)26-13(3)10-24-16-17(22-19(24)26)23(4)20(28)25(18(16)27)11-14-7-6-8-15(21)9-14/h6-10,12,16-17H,5,11H2,1-4H3. The van der Waals surface area contributed by atoms with Crippen molar-refractivity contribution < 1.29 is 9.59 Å². The average molecular weight is 402 g/mol. The van der Waals surface area contributed by atoms with Crippen molar-refractivity contribution in [2.75, 3.05) is 7.05 Å². The molecule has 3 amide bonds. The molecule has 3 aliphatic heterocycles. The average Bonchev–Trinajstić information content (AvgIpc) is 3.17. The molecule has 0 saturated carbocycles. The van der Waals surface area contributed by atoms with E-state index in [1.807, 2.05) is 30.2 Å². The van der Waals surface area contributed by atoms with Gasteiger partial charge in [-0.15, -0.1) is 0 Å². The molecule has 8 heteroatoms. The minimum atomic E-state index is -0.541. The normalized spacial score (nSPS) is 25.0. The SMILES string of the molecule is CCC(C)N1C(C)=CN2C1=NC1C2C(=O)N(Cc2cccc(Cl)c2)C(=O)N1C. The van der Waals surface area contributed by atoms with Crippen LogP contribution < -0.4 is 0 Å². The van der Waals surface area contributed by atoms with Crippen LogP contribution in [0.3, 0.4) is 0 Å². The van der Waals surface area contributed by atoms with Gasteiger partial charge in [-0.05, 0) is 38.0 Å². The van der Waals surface area contributed by atoms with Crippen molar-refractivity contribution in [1.29, 1.82) is 0 Å². The molecule has 7 nitrogen and oxygen atoms in total. The Morgan fingerprint density at radius 2 is 2.04 bits per heavy atom. The van der Waals surface area contributed by atoms with Gasteiger partial charge in [0.2, 0.25) is 5.96 Å². The number of benzene rings is 1. The minimum Gasteiger partial charge on any atom is -0.312 e. The summed E-state index contributed by atoms with van der Waals surface area (Å²) in [6, 6.07) is 6.60. The highest BCUT2D eigenvalue weighted by Crippen LogP contribution is 2.35. The molecule has 0 bridgehead atoms. The summed E-state index contributed by atoms with van der Waals surface area (Å²) in [6.45, 7) is 6.46. The number of carbonyl (C=O) groups is 2. The largest absolute Gasteiger partial charge is 0.328 e. The van der Waals surface area contributed by atoms with Gasteiger partial charge in [0.15, 0.2) is 12.2 Å². The highest BCUT2D eigenvalue weighted by molar-refractivity contribution is 6.30. The second-order valence-electron chi connectivity index (χ2n) is 7.54. The summed E-state index contributed by atoms with van der Waals surface area (Å²) < 4.78 is 0. The highest BCUT2D eigenvalue weighted by atomic mass is 35.5. The zero-order valence-corrected chi connectivity index (χ0v) is 17.2. The Balaban J connectivity index is 1.65. The molecule has 1 aromatic rings. The lowest BCUT2D eigenvalue weighted by Gasteiger charge is -2.40. The van der Waals surface area contributed by atoms with Gasteiger partial charge in [0.05, 0.1) is 6.54 Å². The lowest BCUT2D eigenvalue weighted by molar-refractivity contribution is -0.137. The molecule has 1 fully saturated rings. The van der Waals surface area contributed by atoms with E-state index in [-0.39, 0.29) is 24.5 Å². The van der Waals surface area contributed by atoms with Crippen LogP contribution in [0.1, 0.15) is 32.8 Å². The minimum absolute atomic E-state index is 0.187. The van der Waals surface area contributed by atoms with E-state index in [1.165, 1.54) is 4.90 Å². The van der Waals surface area contributed by atoms with Gasteiger partial charge in [-0.1, -0.05) is 30.7 Å². The quantitative estimate of drug-likeness (QED) is 0.778. The first-order chi connectivity index (χ1) is 13.3. The number of hydrogen-bond acceptors (Lipinski definition) is 5. The van der Waals surface area contributed by atoms with Crippen molar-refractivity contribution >= 4 is 29.5 Å². The number of fused-ring (bicyclic) bond motifs is 3. The molecule has 3 atom stereocenters. The number of allylic oxidation sites excluding steroid dienone is 1. The fourth-order valence-corrected chi connectivity index (χ4v) is 4.28. The van der Waals surface area contributed by atoms with Gasteiger partial charge < -0.3 is 14.7 Å². The van der Waals surface area contributed by atoms with E-state index in [2.05, 4.69) is 18.7 Å². The van der Waals surface area contributed by atoms with E-state index in [1.54, 1.807) is 24.1 Å². The second-order valence-corrected chi connectivity index (χ2v) is 7.98. The van der Waals surface area contributed by atoms with Crippen LogP contribution in [0.25, 0.3) is 0 Å². The third-order valence-corrected chi connectivity index (χ3v) is 5.93. The molecular weight excluding hydrogens is 378 g/mol. The third kappa shape index (κ3) is 2.76. The van der Waals surface area contributed by atoms with Crippen LogP contribution in [0, 0.1) is 0 Å². The number of aliphatic imine (C=N–C) groups is 1. The van der Waals surface area contributed by atoms with E-state index < -0.39 is 12.2 Å². The molecule has 148 valence electrons. The number of guanidine groups is 1. The van der Waals surface area contributed by atoms with E-state index in [0.29, 0.717) is 5.02 Å². The van der Waals surface area contributed by atoms with E-state index >= 15 is 0 Å². The Kier molecular flexibility index (Phi) is 4.57. The first-order valence-corrected chi connectivity index (χ1v) is 9.87. The summed E-state index contributed by atoms with van der Waals surface area (Å²) >= 11 is 6.06. The Hall–Kier alpha value is -2.54. The zero-order chi connectivity index (χ0) is 20.2. The Bertz CT molecular complexity index is 898. The van der Waals surface area contributed by atoms with Gasteiger partial charge in [0, 0.05) is 30.0 Å². The molecule has 0 N–H and O–H groups in total. The molecule has 1 aromatic carbocycles. The Morgan fingerprint density at radius 3 is 2.71 bits per heavy atom. The molecule has 3 unspecified atom stereocenters. The van der Waals surface area contributed by atoms with Crippen molar-refractivity contribution in [2.24, 2.45) is 4.99 Å². The van der Waals surface area contributed by atoms with Crippen LogP contribution in [0.4, 0.5) is 4.79 Å². The molecule has 0 radical (unpaired) electrons. The molecule has 3 heterocycles. The van der Waals surface area contributed by atoms with Gasteiger partial charge in [0.1, 0.15) is 0 Å².